The van der Waals surface area contributed by atoms with E-state index in [-0.39, 0.29) is 18.3 Å². The van der Waals surface area contributed by atoms with Crippen molar-refractivity contribution < 1.29 is 19.1 Å². The van der Waals surface area contributed by atoms with Gasteiger partial charge in [0.1, 0.15) is 0 Å². The van der Waals surface area contributed by atoms with Gasteiger partial charge in [0.2, 0.25) is 0 Å². The summed E-state index contributed by atoms with van der Waals surface area (Å²) in [5.41, 5.74) is 2.81. The molecule has 0 bridgehead atoms. The van der Waals surface area contributed by atoms with Gasteiger partial charge in [-0.05, 0) is 26.0 Å². The van der Waals surface area contributed by atoms with E-state index in [1.54, 1.807) is 4.90 Å². The van der Waals surface area contributed by atoms with E-state index in [2.05, 4.69) is 5.10 Å². The van der Waals surface area contributed by atoms with Crippen molar-refractivity contribution in [3.05, 3.63) is 41.7 Å². The molecule has 8 heteroatoms. The molecule has 1 amide bonds. The third-order valence-electron chi connectivity index (χ3n) is 4.28. The molecule has 0 spiro atoms. The molecule has 1 aliphatic rings. The molecule has 1 fully saturated rings. The lowest BCUT2D eigenvalue weighted by Crippen LogP contribution is -2.42. The molecule has 27 heavy (non-hydrogen) atoms. The molecule has 2 aromatic rings. The number of carbonyl (C=O) groups is 2. The lowest BCUT2D eigenvalue weighted by molar-refractivity contribution is -0.151. The topological polar surface area (TPSA) is 73.7 Å². The summed E-state index contributed by atoms with van der Waals surface area (Å²) in [4.78, 5) is 26.7. The molecule has 1 aromatic carbocycles. The summed E-state index contributed by atoms with van der Waals surface area (Å²) in [6.45, 7) is 5.81. The Bertz CT molecular complexity index is 801. The van der Waals surface area contributed by atoms with Gasteiger partial charge in [-0.15, -0.1) is 11.8 Å². The molecular formula is C19H23N3O4S. The van der Waals surface area contributed by atoms with E-state index in [0.717, 1.165) is 22.0 Å². The van der Waals surface area contributed by atoms with Crippen LogP contribution in [0.15, 0.2) is 35.2 Å². The number of aromatic nitrogens is 2. The summed E-state index contributed by atoms with van der Waals surface area (Å²) in [5.74, 6) is -0.452. The van der Waals surface area contributed by atoms with E-state index in [1.165, 1.54) is 11.8 Å². The fourth-order valence-electron chi connectivity index (χ4n) is 2.88. The number of nitrogens with zero attached hydrogens (tertiary/aromatic N) is 3. The Balaban J connectivity index is 1.53. The molecule has 3 rings (SSSR count). The molecule has 144 valence electrons. The zero-order chi connectivity index (χ0) is 19.2. The second kappa shape index (κ2) is 9.05. The highest BCUT2D eigenvalue weighted by atomic mass is 32.2. The summed E-state index contributed by atoms with van der Waals surface area (Å²) in [6.07, 6.45) is 0. The van der Waals surface area contributed by atoms with E-state index in [4.69, 9.17) is 9.47 Å². The number of ether oxygens (including phenoxy) is 2. The van der Waals surface area contributed by atoms with Gasteiger partial charge < -0.3 is 14.4 Å². The number of thioether (sulfide) groups is 1. The Labute approximate surface area is 162 Å². The molecule has 2 heterocycles. The van der Waals surface area contributed by atoms with Gasteiger partial charge in [-0.25, -0.2) is 4.68 Å². The monoisotopic (exact) mass is 389 g/mol. The maximum absolute atomic E-state index is 12.0. The van der Waals surface area contributed by atoms with Gasteiger partial charge in [0, 0.05) is 13.1 Å². The average Bonchev–Trinajstić information content (AvgIpc) is 2.99. The van der Waals surface area contributed by atoms with Crippen LogP contribution < -0.4 is 0 Å². The summed E-state index contributed by atoms with van der Waals surface area (Å²) in [5, 5.41) is 4.56. The van der Waals surface area contributed by atoms with Crippen molar-refractivity contribution in [2.75, 3.05) is 38.7 Å². The van der Waals surface area contributed by atoms with Crippen LogP contribution in [-0.2, 0) is 19.1 Å². The quantitative estimate of drug-likeness (QED) is 0.556. The van der Waals surface area contributed by atoms with Crippen LogP contribution in [0.25, 0.3) is 5.69 Å². The minimum absolute atomic E-state index is 0.137. The number of hydrogen-bond donors (Lipinski definition) is 0. The fourth-order valence-corrected chi connectivity index (χ4v) is 3.77. The van der Waals surface area contributed by atoms with Gasteiger partial charge in [0.05, 0.1) is 40.9 Å². The van der Waals surface area contributed by atoms with E-state index < -0.39 is 5.97 Å². The Hall–Kier alpha value is -2.32. The smallest absolute Gasteiger partial charge is 0.316 e. The molecule has 0 N–H and O–H groups in total. The largest absolute Gasteiger partial charge is 0.455 e. The number of carbonyl (C=O) groups excluding carboxylic acids is 2. The number of morpholine rings is 1. The van der Waals surface area contributed by atoms with E-state index in [1.807, 2.05) is 48.9 Å². The van der Waals surface area contributed by atoms with Crippen molar-refractivity contribution in [3.63, 3.8) is 0 Å². The van der Waals surface area contributed by atoms with Crippen LogP contribution >= 0.6 is 11.8 Å². The first-order valence-electron chi connectivity index (χ1n) is 8.82. The van der Waals surface area contributed by atoms with Crippen molar-refractivity contribution in [2.45, 2.75) is 18.7 Å². The summed E-state index contributed by atoms with van der Waals surface area (Å²) in [6, 6.07) is 9.85. The third kappa shape index (κ3) is 4.90. The number of para-hydroxylation sites is 1. The van der Waals surface area contributed by atoms with Crippen LogP contribution in [0.2, 0.25) is 0 Å². The number of benzene rings is 1. The maximum atomic E-state index is 12.0. The van der Waals surface area contributed by atoms with Crippen LogP contribution in [-0.4, -0.2) is 65.2 Å². The molecule has 1 saturated heterocycles. The average molecular weight is 389 g/mol. The summed E-state index contributed by atoms with van der Waals surface area (Å²) < 4.78 is 12.2. The second-order valence-corrected chi connectivity index (χ2v) is 7.18. The lowest BCUT2D eigenvalue weighted by Gasteiger charge is -2.26. The first kappa shape index (κ1) is 19.4. The number of rotatable bonds is 6. The fraction of sp³-hybridized carbons (Fsp3) is 0.421. The maximum Gasteiger partial charge on any atom is 0.316 e. The number of aryl methyl sites for hydroxylation is 1. The van der Waals surface area contributed by atoms with Gasteiger partial charge >= 0.3 is 5.97 Å². The Morgan fingerprint density at radius 2 is 1.89 bits per heavy atom. The van der Waals surface area contributed by atoms with Gasteiger partial charge in [0.25, 0.3) is 5.91 Å². The molecule has 0 atom stereocenters. The van der Waals surface area contributed by atoms with Crippen LogP contribution in [0.5, 0.6) is 0 Å². The van der Waals surface area contributed by atoms with Crippen molar-refractivity contribution in [2.24, 2.45) is 0 Å². The van der Waals surface area contributed by atoms with Crippen molar-refractivity contribution in [1.82, 2.24) is 14.7 Å². The van der Waals surface area contributed by atoms with Crippen LogP contribution in [0, 0.1) is 13.8 Å². The Morgan fingerprint density at radius 1 is 1.19 bits per heavy atom. The number of hydrogen-bond acceptors (Lipinski definition) is 6. The SMILES string of the molecule is Cc1nn(-c2ccccc2)c(C)c1SCC(=O)OCC(=O)N1CCOCC1. The summed E-state index contributed by atoms with van der Waals surface area (Å²) >= 11 is 1.38. The van der Waals surface area contributed by atoms with Crippen LogP contribution in [0.4, 0.5) is 0 Å². The number of esters is 1. The van der Waals surface area contributed by atoms with Crippen molar-refractivity contribution in [1.29, 1.82) is 0 Å². The zero-order valence-corrected chi connectivity index (χ0v) is 16.3. The van der Waals surface area contributed by atoms with Crippen LogP contribution in [0.1, 0.15) is 11.4 Å². The zero-order valence-electron chi connectivity index (χ0n) is 15.5. The van der Waals surface area contributed by atoms with Crippen molar-refractivity contribution >= 4 is 23.6 Å². The molecule has 7 nitrogen and oxygen atoms in total. The highest BCUT2D eigenvalue weighted by molar-refractivity contribution is 8.00. The predicted molar refractivity (Wildman–Crippen MR) is 102 cm³/mol. The normalized spacial score (nSPS) is 14.2. The van der Waals surface area contributed by atoms with E-state index >= 15 is 0 Å². The van der Waals surface area contributed by atoms with Gasteiger partial charge in [-0.2, -0.15) is 5.10 Å². The number of amides is 1. The molecule has 0 unspecified atom stereocenters. The van der Waals surface area contributed by atoms with E-state index in [9.17, 15) is 9.59 Å². The highest BCUT2D eigenvalue weighted by Crippen LogP contribution is 2.27. The van der Waals surface area contributed by atoms with Crippen LogP contribution in [0.3, 0.4) is 0 Å². The highest BCUT2D eigenvalue weighted by Gasteiger charge is 2.19. The second-order valence-electron chi connectivity index (χ2n) is 6.19. The minimum Gasteiger partial charge on any atom is -0.455 e. The molecule has 0 saturated carbocycles. The first-order valence-corrected chi connectivity index (χ1v) is 9.80. The Kier molecular flexibility index (Phi) is 6.52. The molecular weight excluding hydrogens is 366 g/mol. The van der Waals surface area contributed by atoms with Crippen molar-refractivity contribution in [3.8, 4) is 5.69 Å². The van der Waals surface area contributed by atoms with Gasteiger partial charge in [0.15, 0.2) is 6.61 Å². The summed E-state index contributed by atoms with van der Waals surface area (Å²) in [7, 11) is 0. The molecule has 0 radical (unpaired) electrons. The standard InChI is InChI=1S/C19H23N3O4S/c1-14-19(15(2)22(20-14)16-6-4-3-5-7-16)27-13-18(24)26-12-17(23)21-8-10-25-11-9-21/h3-7H,8-13H2,1-2H3. The molecule has 1 aliphatic heterocycles. The third-order valence-corrected chi connectivity index (χ3v) is 5.54. The van der Waals surface area contributed by atoms with Gasteiger partial charge in [-0.1, -0.05) is 18.2 Å². The van der Waals surface area contributed by atoms with E-state index in [0.29, 0.717) is 26.3 Å². The minimum atomic E-state index is -0.409. The van der Waals surface area contributed by atoms with Gasteiger partial charge in [-0.3, -0.25) is 9.59 Å². The molecule has 1 aromatic heterocycles. The first-order chi connectivity index (χ1) is 13.1. The lowest BCUT2D eigenvalue weighted by atomic mass is 10.3. The predicted octanol–water partition coefficient (Wildman–Crippen LogP) is 1.98. The Morgan fingerprint density at radius 3 is 2.59 bits per heavy atom. The molecule has 0 aliphatic carbocycles.